The van der Waals surface area contributed by atoms with Gasteiger partial charge in [-0.15, -0.1) is 0 Å². The Morgan fingerprint density at radius 3 is 2.33 bits per heavy atom. The number of carboxylic acids is 1. The summed E-state index contributed by atoms with van der Waals surface area (Å²) < 4.78 is 24.0. The Morgan fingerprint density at radius 2 is 1.79 bits per heavy atom. The number of halogens is 1. The van der Waals surface area contributed by atoms with Crippen LogP contribution in [0.25, 0.3) is 0 Å². The number of hydrogen-bond donors (Lipinski definition) is 1. The molecule has 1 N–H and O–H groups in total. The Kier molecular flexibility index (Phi) is 5.79. The van der Waals surface area contributed by atoms with Gasteiger partial charge in [0, 0.05) is 0 Å². The molecule has 0 fully saturated rings. The molecule has 2 aromatic rings. The summed E-state index contributed by atoms with van der Waals surface area (Å²) in [6.45, 7) is 3.81. The van der Waals surface area contributed by atoms with Gasteiger partial charge < -0.3 is 14.6 Å². The average molecular weight is 332 g/mol. The van der Waals surface area contributed by atoms with E-state index in [0.717, 1.165) is 5.56 Å². The van der Waals surface area contributed by atoms with Crippen LogP contribution < -0.4 is 9.47 Å². The van der Waals surface area contributed by atoms with E-state index in [4.69, 9.17) is 9.47 Å². The maximum Gasteiger partial charge on any atom is 0.311 e. The number of benzene rings is 2. The van der Waals surface area contributed by atoms with Crippen molar-refractivity contribution in [2.45, 2.75) is 32.3 Å². The molecule has 0 bridgehead atoms. The SMILES string of the molecule is COc1ccc(CC(C(=O)O)c2ccc(F)cc2)cc1OC(C)C. The predicted octanol–water partition coefficient (Wildman–Crippen LogP) is 4.03. The molecule has 128 valence electrons. The Balaban J connectivity index is 2.29. The van der Waals surface area contributed by atoms with E-state index in [1.807, 2.05) is 19.9 Å². The zero-order chi connectivity index (χ0) is 17.7. The fraction of sp³-hybridized carbons (Fsp3) is 0.316. The first-order valence-corrected chi connectivity index (χ1v) is 7.72. The summed E-state index contributed by atoms with van der Waals surface area (Å²) in [5.74, 6) is -0.927. The van der Waals surface area contributed by atoms with Crippen LogP contribution in [0.1, 0.15) is 30.9 Å². The van der Waals surface area contributed by atoms with Gasteiger partial charge in [0.25, 0.3) is 0 Å². The molecule has 4 nitrogen and oxygen atoms in total. The Hall–Kier alpha value is -2.56. The second kappa shape index (κ2) is 7.81. The van der Waals surface area contributed by atoms with Gasteiger partial charge in [-0.25, -0.2) is 4.39 Å². The Bertz CT molecular complexity index is 695. The highest BCUT2D eigenvalue weighted by Crippen LogP contribution is 2.31. The number of hydrogen-bond acceptors (Lipinski definition) is 3. The summed E-state index contributed by atoms with van der Waals surface area (Å²) >= 11 is 0. The first kappa shape index (κ1) is 17.8. The van der Waals surface area contributed by atoms with E-state index >= 15 is 0 Å². The number of carbonyl (C=O) groups is 1. The largest absolute Gasteiger partial charge is 0.493 e. The molecule has 2 rings (SSSR count). The number of ether oxygens (including phenoxy) is 2. The summed E-state index contributed by atoms with van der Waals surface area (Å²) in [7, 11) is 1.56. The topological polar surface area (TPSA) is 55.8 Å². The van der Waals surface area contributed by atoms with Crippen molar-refractivity contribution in [3.63, 3.8) is 0 Å². The maximum absolute atomic E-state index is 13.1. The molecule has 2 aromatic carbocycles. The molecule has 0 radical (unpaired) electrons. The van der Waals surface area contributed by atoms with Gasteiger partial charge in [0.2, 0.25) is 0 Å². The zero-order valence-corrected chi connectivity index (χ0v) is 14.0. The van der Waals surface area contributed by atoms with Gasteiger partial charge in [-0.3, -0.25) is 4.79 Å². The molecule has 0 saturated heterocycles. The molecular formula is C19H21FO4. The molecule has 0 amide bonds. The lowest BCUT2D eigenvalue weighted by molar-refractivity contribution is -0.138. The monoisotopic (exact) mass is 332 g/mol. The van der Waals surface area contributed by atoms with Gasteiger partial charge in [0.15, 0.2) is 11.5 Å². The fourth-order valence-electron chi connectivity index (χ4n) is 2.47. The minimum atomic E-state index is -0.955. The third-order valence-electron chi connectivity index (χ3n) is 3.60. The highest BCUT2D eigenvalue weighted by Gasteiger charge is 2.21. The van der Waals surface area contributed by atoms with E-state index in [9.17, 15) is 14.3 Å². The lowest BCUT2D eigenvalue weighted by atomic mass is 9.92. The van der Waals surface area contributed by atoms with E-state index in [2.05, 4.69) is 0 Å². The lowest BCUT2D eigenvalue weighted by Gasteiger charge is -2.17. The summed E-state index contributed by atoms with van der Waals surface area (Å²) in [6.07, 6.45) is 0.251. The van der Waals surface area contributed by atoms with Crippen molar-refractivity contribution in [3.8, 4) is 11.5 Å². The lowest BCUT2D eigenvalue weighted by Crippen LogP contribution is -2.15. The number of aliphatic carboxylic acids is 1. The molecular weight excluding hydrogens is 311 g/mol. The third kappa shape index (κ3) is 4.47. The molecule has 0 aliphatic rings. The number of methoxy groups -OCH3 is 1. The van der Waals surface area contributed by atoms with Crippen LogP contribution in [0.4, 0.5) is 4.39 Å². The van der Waals surface area contributed by atoms with E-state index in [-0.39, 0.29) is 18.3 Å². The van der Waals surface area contributed by atoms with Crippen molar-refractivity contribution in [1.82, 2.24) is 0 Å². The van der Waals surface area contributed by atoms with E-state index in [0.29, 0.717) is 17.1 Å². The van der Waals surface area contributed by atoms with Crippen molar-refractivity contribution in [2.75, 3.05) is 7.11 Å². The van der Waals surface area contributed by atoms with Crippen molar-refractivity contribution >= 4 is 5.97 Å². The number of rotatable bonds is 7. The first-order chi connectivity index (χ1) is 11.4. The van der Waals surface area contributed by atoms with Crippen molar-refractivity contribution < 1.29 is 23.8 Å². The quantitative estimate of drug-likeness (QED) is 0.831. The van der Waals surface area contributed by atoms with Crippen molar-refractivity contribution in [1.29, 1.82) is 0 Å². The molecule has 0 aliphatic carbocycles. The maximum atomic E-state index is 13.1. The number of carboxylic acid groups (broad SMARTS) is 1. The van der Waals surface area contributed by atoms with Crippen LogP contribution in [0.5, 0.6) is 11.5 Å². The van der Waals surface area contributed by atoms with Gasteiger partial charge in [0.1, 0.15) is 5.82 Å². The Labute approximate surface area is 140 Å². The molecule has 0 spiro atoms. The molecule has 1 atom stereocenters. The molecule has 0 aliphatic heterocycles. The van der Waals surface area contributed by atoms with E-state index in [1.165, 1.54) is 24.3 Å². The van der Waals surface area contributed by atoms with Crippen LogP contribution in [0, 0.1) is 5.82 Å². The normalized spacial score (nSPS) is 12.0. The summed E-state index contributed by atoms with van der Waals surface area (Å²) in [5, 5.41) is 9.52. The third-order valence-corrected chi connectivity index (χ3v) is 3.60. The smallest absolute Gasteiger partial charge is 0.311 e. The van der Waals surface area contributed by atoms with Gasteiger partial charge >= 0.3 is 5.97 Å². The Morgan fingerprint density at radius 1 is 1.12 bits per heavy atom. The van der Waals surface area contributed by atoms with Crippen molar-refractivity contribution in [2.24, 2.45) is 0 Å². The predicted molar refractivity (Wildman–Crippen MR) is 89.2 cm³/mol. The molecule has 0 saturated carbocycles. The van der Waals surface area contributed by atoms with Crippen molar-refractivity contribution in [3.05, 3.63) is 59.4 Å². The van der Waals surface area contributed by atoms with Crippen LogP contribution in [0.15, 0.2) is 42.5 Å². The van der Waals surface area contributed by atoms with Crippen LogP contribution in [0.3, 0.4) is 0 Å². The second-order valence-electron chi connectivity index (χ2n) is 5.80. The summed E-state index contributed by atoms with van der Waals surface area (Å²) in [4.78, 5) is 11.6. The van der Waals surface area contributed by atoms with E-state index < -0.39 is 11.9 Å². The highest BCUT2D eigenvalue weighted by molar-refractivity contribution is 5.76. The van der Waals surface area contributed by atoms with Gasteiger partial charge in [0.05, 0.1) is 19.1 Å². The highest BCUT2D eigenvalue weighted by atomic mass is 19.1. The molecule has 0 aromatic heterocycles. The van der Waals surface area contributed by atoms with E-state index in [1.54, 1.807) is 19.2 Å². The molecule has 0 heterocycles. The molecule has 1 unspecified atom stereocenters. The molecule has 5 heteroatoms. The van der Waals surface area contributed by atoms with Gasteiger partial charge in [-0.2, -0.15) is 0 Å². The average Bonchev–Trinajstić information content (AvgIpc) is 2.53. The van der Waals surface area contributed by atoms with Crippen LogP contribution in [-0.4, -0.2) is 24.3 Å². The first-order valence-electron chi connectivity index (χ1n) is 7.72. The van der Waals surface area contributed by atoms with Crippen LogP contribution in [-0.2, 0) is 11.2 Å². The van der Waals surface area contributed by atoms with Gasteiger partial charge in [-0.05, 0) is 55.7 Å². The fourth-order valence-corrected chi connectivity index (χ4v) is 2.47. The van der Waals surface area contributed by atoms with Crippen LogP contribution >= 0.6 is 0 Å². The minimum Gasteiger partial charge on any atom is -0.493 e. The van der Waals surface area contributed by atoms with Gasteiger partial charge in [-0.1, -0.05) is 18.2 Å². The summed E-state index contributed by atoms with van der Waals surface area (Å²) in [6, 6.07) is 10.9. The molecule has 24 heavy (non-hydrogen) atoms. The zero-order valence-electron chi connectivity index (χ0n) is 14.0. The van der Waals surface area contributed by atoms with Crippen LogP contribution in [0.2, 0.25) is 0 Å². The summed E-state index contributed by atoms with van der Waals surface area (Å²) in [5.41, 5.74) is 1.37. The standard InChI is InChI=1S/C19H21FO4/c1-12(2)24-18-11-13(4-9-17(18)23-3)10-16(19(21)22)14-5-7-15(20)8-6-14/h4-9,11-12,16H,10H2,1-3H3,(H,21,22). The second-order valence-corrected chi connectivity index (χ2v) is 5.80. The minimum absolute atomic E-state index is 0.0264.